The Morgan fingerprint density at radius 2 is 1.26 bits per heavy atom. The van der Waals surface area contributed by atoms with Gasteiger partial charge in [-0.2, -0.15) is 0 Å². The summed E-state index contributed by atoms with van der Waals surface area (Å²) in [6.07, 6.45) is 7.59. The van der Waals surface area contributed by atoms with Gasteiger partial charge in [-0.1, -0.05) is 64.4 Å². The zero-order valence-corrected chi connectivity index (χ0v) is 64.3. The fourth-order valence-electron chi connectivity index (χ4n) is 14.6. The minimum atomic E-state index is -1.11. The van der Waals surface area contributed by atoms with E-state index < -0.39 is 61.1 Å². The van der Waals surface area contributed by atoms with E-state index >= 15 is 4.39 Å². The minimum Gasteiger partial charge on any atom is -0.460 e. The number of benzene rings is 2. The number of piperidine rings is 1. The van der Waals surface area contributed by atoms with Crippen LogP contribution in [0.3, 0.4) is 0 Å². The topological polar surface area (TPSA) is 359 Å². The number of pyridine rings is 2. The molecule has 30 nitrogen and oxygen atoms in total. The maximum atomic E-state index is 15.6. The summed E-state index contributed by atoms with van der Waals surface area (Å²) in [5, 5.41) is 16.6. The number of carbonyl (C=O) groups excluding carboxylic acids is 9. The van der Waals surface area contributed by atoms with E-state index in [1.54, 1.807) is 35.8 Å². The van der Waals surface area contributed by atoms with Gasteiger partial charge in [-0.3, -0.25) is 57.7 Å². The quantitative estimate of drug-likeness (QED) is 0.0138. The van der Waals surface area contributed by atoms with E-state index in [0.717, 1.165) is 53.3 Å². The second-order valence-electron chi connectivity index (χ2n) is 28.4. The molecular formula is C79H111FN10O20. The number of halogens is 1. The molecule has 8 amide bonds. The van der Waals surface area contributed by atoms with Crippen molar-refractivity contribution in [3.05, 3.63) is 97.6 Å². The molecule has 4 aromatic rings. The Morgan fingerprint density at radius 1 is 0.664 bits per heavy atom. The second kappa shape index (κ2) is 44.1. The second-order valence-corrected chi connectivity index (χ2v) is 28.4. The number of ether oxygens (including phenoxy) is 10. The number of rotatable bonds is 50. The molecule has 1 unspecified atom stereocenters. The highest BCUT2D eigenvalue weighted by Crippen LogP contribution is 2.48. The molecule has 2 saturated heterocycles. The predicted octanol–water partition coefficient (Wildman–Crippen LogP) is 4.05. The maximum Gasteiger partial charge on any atom is 0.313 e. The van der Waals surface area contributed by atoms with E-state index in [0.29, 0.717) is 204 Å². The number of aromatic nitrogens is 2. The number of amides is 8. The summed E-state index contributed by atoms with van der Waals surface area (Å²) in [5.41, 5.74) is 6.79. The molecule has 0 spiro atoms. The third-order valence-electron chi connectivity index (χ3n) is 21.3. The molecule has 110 heavy (non-hydrogen) atoms. The highest BCUT2D eigenvalue weighted by Gasteiger charge is 2.47. The number of aryl methyl sites for hydroxylation is 1. The number of fused-ring (bicyclic) bond motifs is 5. The number of hydrogen-bond acceptors (Lipinski definition) is 22. The third kappa shape index (κ3) is 24.4. The number of hydrogen-bond donors (Lipinski definition) is 6. The van der Waals surface area contributed by atoms with Crippen LogP contribution < -0.4 is 37.5 Å². The van der Waals surface area contributed by atoms with Gasteiger partial charge in [0.15, 0.2) is 0 Å². The highest BCUT2D eigenvalue weighted by molar-refractivity contribution is 6.04. The van der Waals surface area contributed by atoms with Crippen LogP contribution in [-0.2, 0) is 117 Å². The average molecular weight is 1540 g/mol. The summed E-state index contributed by atoms with van der Waals surface area (Å²) < 4.78 is 72.8. The Morgan fingerprint density at radius 3 is 1.90 bits per heavy atom. The lowest BCUT2D eigenvalue weighted by atomic mass is 9.72. The molecule has 2 fully saturated rings. The zero-order valence-electron chi connectivity index (χ0n) is 64.3. The summed E-state index contributed by atoms with van der Waals surface area (Å²) in [7, 11) is 0. The Balaban J connectivity index is 0.539. The van der Waals surface area contributed by atoms with Crippen LogP contribution in [0.5, 0.6) is 0 Å². The first kappa shape index (κ1) is 85.8. The first-order valence-corrected chi connectivity index (χ1v) is 38.9. The molecule has 0 saturated carbocycles. The van der Waals surface area contributed by atoms with Crippen molar-refractivity contribution in [3.63, 3.8) is 0 Å². The van der Waals surface area contributed by atoms with Gasteiger partial charge in [-0.25, -0.2) is 9.37 Å². The minimum absolute atomic E-state index is 0.0475. The van der Waals surface area contributed by atoms with Crippen LogP contribution in [0.2, 0.25) is 0 Å². The van der Waals surface area contributed by atoms with Crippen LogP contribution in [0.1, 0.15) is 149 Å². The van der Waals surface area contributed by atoms with Crippen LogP contribution in [0.4, 0.5) is 4.39 Å². The normalized spacial score (nSPS) is 17.2. The van der Waals surface area contributed by atoms with Crippen molar-refractivity contribution >= 4 is 64.1 Å². The Labute approximate surface area is 641 Å². The molecule has 5 aliphatic rings. The molecule has 31 heteroatoms. The number of imide groups is 1. The molecule has 0 bridgehead atoms. The van der Waals surface area contributed by atoms with Gasteiger partial charge in [0.05, 0.1) is 166 Å². The van der Waals surface area contributed by atoms with Crippen LogP contribution >= 0.6 is 0 Å². The summed E-state index contributed by atoms with van der Waals surface area (Å²) in [6, 6.07) is 11.2. The van der Waals surface area contributed by atoms with E-state index in [1.165, 1.54) is 11.0 Å². The number of unbranched alkanes of at least 4 members (excludes halogenated alkanes) is 2. The molecule has 1 aliphatic carbocycles. The standard InChI is InChI=1S/C79H111FN10O20/c1-6-55-57-42-65-74-58(48-90(65)76(98)59(57)49-109-78(55)100)73-64(19-18-56-52(4)61(80)44-62(87-74)72(56)73)88-24-20-54(21-25-88)110-51-85-68(93)46-84-75(97)63(41-53-15-11-9-12-16-53)86-69(94)47-82-67(92)45-83-70(95)50-108-40-39-107-38-37-106-36-35-105-34-33-104-32-31-103-30-29-102-28-27-101-26-22-81-66(91)17-13-10-14-23-89-71(96)43-60(77(89)99)79(5,7-2)8-3/h9,11-12,15-16,42,44,54-55,60,63-64H,6-8,10,13-14,17-41,43,45-51H2,1-5H3,(H,81,91)(H,82,92)(H,83,95)(H,84,97)(H,85,93)(H,86,94)/t55-,60?,63+,64+/m1/s1. The Hall–Kier alpha value is -8.24. The highest BCUT2D eigenvalue weighted by atomic mass is 19.1. The van der Waals surface area contributed by atoms with Gasteiger partial charge in [-0.15, -0.1) is 0 Å². The van der Waals surface area contributed by atoms with Crippen molar-refractivity contribution in [1.82, 2.24) is 51.3 Å². The lowest BCUT2D eigenvalue weighted by Gasteiger charge is -2.41. The molecule has 9 rings (SSSR count). The zero-order chi connectivity index (χ0) is 78.4. The monoisotopic (exact) mass is 1540 g/mol. The first-order valence-electron chi connectivity index (χ1n) is 38.9. The summed E-state index contributed by atoms with van der Waals surface area (Å²) in [5.74, 6) is -4.73. The van der Waals surface area contributed by atoms with Crippen LogP contribution in [0.15, 0.2) is 47.3 Å². The fourth-order valence-corrected chi connectivity index (χ4v) is 14.6. The van der Waals surface area contributed by atoms with Crippen molar-refractivity contribution in [2.75, 3.05) is 158 Å². The molecule has 2 aromatic carbocycles. The largest absolute Gasteiger partial charge is 0.460 e. The maximum absolute atomic E-state index is 15.6. The van der Waals surface area contributed by atoms with E-state index in [4.69, 9.17) is 52.4 Å². The van der Waals surface area contributed by atoms with Gasteiger partial charge in [0.25, 0.3) is 5.56 Å². The van der Waals surface area contributed by atoms with Crippen LogP contribution in [-0.4, -0.2) is 243 Å². The number of nitrogens with zero attached hydrogens (tertiary/aromatic N) is 4. The number of likely N-dealkylation sites (tertiary alicyclic amines) is 2. The van der Waals surface area contributed by atoms with Crippen LogP contribution in [0.25, 0.3) is 22.3 Å². The SMILES string of the molecule is CC[C@H]1C(=O)OCc2c1cc1n(c2=O)Cc2c-1nc1cc(F)c(C)c3c1c2[C@@H](N1CCC(OCNC(=O)CNC(=O)[C@H](Cc2ccccc2)NC(=O)CNC(=O)CNC(=O)COCCOCCOCCOCCOCCOCCOCCOCCNC(=O)CCCCCN2C(=O)CC(C(C)(CC)CC)C2=O)CC1)CC3. The first-order chi connectivity index (χ1) is 53.3. The Kier molecular flexibility index (Phi) is 34.4. The van der Waals surface area contributed by atoms with Gasteiger partial charge in [0, 0.05) is 68.5 Å². The van der Waals surface area contributed by atoms with Crippen molar-refractivity contribution in [1.29, 1.82) is 0 Å². The molecule has 4 aliphatic heterocycles. The molecule has 6 heterocycles. The summed E-state index contributed by atoms with van der Waals surface area (Å²) in [6.45, 7) is 15.7. The molecular weight excluding hydrogens is 1430 g/mol. The van der Waals surface area contributed by atoms with E-state index in [1.807, 2.05) is 19.1 Å². The smallest absolute Gasteiger partial charge is 0.313 e. The number of carbonyl (C=O) groups is 9. The lowest BCUT2D eigenvalue weighted by Crippen LogP contribution is -2.52. The number of nitrogens with one attached hydrogen (secondary N) is 6. The van der Waals surface area contributed by atoms with Crippen molar-refractivity contribution < 1.29 is 94.9 Å². The van der Waals surface area contributed by atoms with Crippen molar-refractivity contribution in [3.8, 4) is 11.4 Å². The van der Waals surface area contributed by atoms with Gasteiger partial charge in [-0.05, 0) is 104 Å². The Bertz CT molecular complexity index is 3830. The van der Waals surface area contributed by atoms with E-state index in [2.05, 4.69) is 57.6 Å². The van der Waals surface area contributed by atoms with Crippen LogP contribution in [0, 0.1) is 24.1 Å². The molecule has 2 aromatic heterocycles. The number of esters is 1. The fraction of sp³-hybridized carbons (Fsp3) is 0.633. The van der Waals surface area contributed by atoms with Crippen molar-refractivity contribution in [2.45, 2.75) is 155 Å². The van der Waals surface area contributed by atoms with E-state index in [9.17, 15) is 47.9 Å². The lowest BCUT2D eigenvalue weighted by molar-refractivity contribution is -0.148. The molecule has 6 N–H and O–H groups in total. The van der Waals surface area contributed by atoms with Gasteiger partial charge < -0.3 is 83.8 Å². The van der Waals surface area contributed by atoms with Gasteiger partial charge in [0.2, 0.25) is 47.3 Å². The summed E-state index contributed by atoms with van der Waals surface area (Å²) in [4.78, 5) is 138. The van der Waals surface area contributed by atoms with Gasteiger partial charge >= 0.3 is 5.97 Å². The molecule has 4 atom stereocenters. The van der Waals surface area contributed by atoms with Crippen molar-refractivity contribution in [2.24, 2.45) is 11.3 Å². The van der Waals surface area contributed by atoms with Gasteiger partial charge in [0.1, 0.15) is 31.8 Å². The predicted molar refractivity (Wildman–Crippen MR) is 400 cm³/mol. The average Bonchev–Trinajstić information content (AvgIpc) is 1.48. The number of cyclic esters (lactones) is 1. The summed E-state index contributed by atoms with van der Waals surface area (Å²) >= 11 is 0. The molecule has 604 valence electrons. The third-order valence-corrected chi connectivity index (χ3v) is 21.3. The van der Waals surface area contributed by atoms with E-state index in [-0.39, 0.29) is 98.1 Å². The molecule has 0 radical (unpaired) electrons.